The minimum Gasteiger partial charge on any atom is -0.481 e. The molecule has 2 unspecified atom stereocenters. The van der Waals surface area contributed by atoms with Crippen molar-refractivity contribution in [3.63, 3.8) is 0 Å². The van der Waals surface area contributed by atoms with Gasteiger partial charge in [0, 0.05) is 30.4 Å². The fourth-order valence-corrected chi connectivity index (χ4v) is 1.51. The van der Waals surface area contributed by atoms with E-state index in [2.05, 4.69) is 15.0 Å². The number of rotatable bonds is 5. The lowest BCUT2D eigenvalue weighted by Gasteiger charge is -2.15. The molecule has 2 atom stereocenters. The molecular weight excluding hydrogens is 252 g/mol. The van der Waals surface area contributed by atoms with E-state index in [1.807, 2.05) is 0 Å². The summed E-state index contributed by atoms with van der Waals surface area (Å²) in [6, 6.07) is 0. The van der Waals surface area contributed by atoms with Crippen LogP contribution in [0.4, 0.5) is 0 Å². The standard InChI is InChI=1S/C11H12N4O4/c16-8(3-9(17)18)10(19)7-4-13-11(14-5-7)15-2-1-12-6-15/h1-2,4-6,8,10,16,19H,3H2,(H,17,18). The van der Waals surface area contributed by atoms with E-state index < -0.39 is 24.6 Å². The molecule has 0 radical (unpaired) electrons. The Hall–Kier alpha value is -2.32. The van der Waals surface area contributed by atoms with Gasteiger partial charge in [-0.15, -0.1) is 0 Å². The van der Waals surface area contributed by atoms with Crippen molar-refractivity contribution in [1.29, 1.82) is 0 Å². The minimum absolute atomic E-state index is 0.248. The summed E-state index contributed by atoms with van der Waals surface area (Å²) in [6.45, 7) is 0. The first kappa shape index (κ1) is 13.1. The number of aliphatic carboxylic acids is 1. The quantitative estimate of drug-likeness (QED) is 0.667. The van der Waals surface area contributed by atoms with Crippen molar-refractivity contribution >= 4 is 5.97 Å². The van der Waals surface area contributed by atoms with Crippen molar-refractivity contribution in [2.75, 3.05) is 0 Å². The van der Waals surface area contributed by atoms with Crippen LogP contribution in [0.15, 0.2) is 31.1 Å². The zero-order chi connectivity index (χ0) is 13.8. The van der Waals surface area contributed by atoms with Crippen LogP contribution in [-0.4, -0.2) is 46.9 Å². The number of carbonyl (C=O) groups is 1. The van der Waals surface area contributed by atoms with Gasteiger partial charge in [-0.2, -0.15) is 0 Å². The molecule has 19 heavy (non-hydrogen) atoms. The molecule has 0 aliphatic heterocycles. The number of carboxylic acids is 1. The maximum absolute atomic E-state index is 10.4. The van der Waals surface area contributed by atoms with Crippen molar-refractivity contribution in [2.24, 2.45) is 0 Å². The van der Waals surface area contributed by atoms with Gasteiger partial charge in [0.25, 0.3) is 0 Å². The molecule has 0 spiro atoms. The Bertz CT molecular complexity index is 540. The average molecular weight is 264 g/mol. The number of nitrogens with zero attached hydrogens (tertiary/aromatic N) is 4. The molecule has 2 heterocycles. The highest BCUT2D eigenvalue weighted by atomic mass is 16.4. The Kier molecular flexibility index (Phi) is 3.83. The first-order chi connectivity index (χ1) is 9.08. The summed E-state index contributed by atoms with van der Waals surface area (Å²) in [4.78, 5) is 22.3. The molecule has 0 aliphatic rings. The number of aliphatic hydroxyl groups is 2. The van der Waals surface area contributed by atoms with E-state index in [-0.39, 0.29) is 5.56 Å². The summed E-state index contributed by atoms with van der Waals surface area (Å²) < 4.78 is 1.57. The molecule has 8 nitrogen and oxygen atoms in total. The smallest absolute Gasteiger partial charge is 0.306 e. The Morgan fingerprint density at radius 1 is 1.32 bits per heavy atom. The van der Waals surface area contributed by atoms with Gasteiger partial charge in [-0.25, -0.2) is 15.0 Å². The molecule has 0 fully saturated rings. The molecule has 0 aliphatic carbocycles. The number of imidazole rings is 1. The second kappa shape index (κ2) is 5.55. The van der Waals surface area contributed by atoms with Gasteiger partial charge < -0.3 is 15.3 Å². The average Bonchev–Trinajstić information content (AvgIpc) is 2.91. The van der Waals surface area contributed by atoms with Crippen molar-refractivity contribution in [1.82, 2.24) is 19.5 Å². The van der Waals surface area contributed by atoms with Gasteiger partial charge in [-0.3, -0.25) is 9.36 Å². The molecule has 8 heteroatoms. The van der Waals surface area contributed by atoms with Crippen LogP contribution in [0.2, 0.25) is 0 Å². The van der Waals surface area contributed by atoms with Gasteiger partial charge >= 0.3 is 5.97 Å². The summed E-state index contributed by atoms with van der Waals surface area (Å²) >= 11 is 0. The van der Waals surface area contributed by atoms with Crippen molar-refractivity contribution in [3.8, 4) is 5.95 Å². The van der Waals surface area contributed by atoms with Crippen LogP contribution < -0.4 is 0 Å². The number of aromatic nitrogens is 4. The van der Waals surface area contributed by atoms with Crippen LogP contribution in [0.25, 0.3) is 5.95 Å². The monoisotopic (exact) mass is 264 g/mol. The Balaban J connectivity index is 2.12. The maximum atomic E-state index is 10.4. The van der Waals surface area contributed by atoms with Crippen LogP contribution in [0.3, 0.4) is 0 Å². The fraction of sp³-hybridized carbons (Fsp3) is 0.273. The Labute approximate surface area is 108 Å². The maximum Gasteiger partial charge on any atom is 0.306 e. The highest BCUT2D eigenvalue weighted by Gasteiger charge is 2.21. The first-order valence-electron chi connectivity index (χ1n) is 5.46. The molecular formula is C11H12N4O4. The van der Waals surface area contributed by atoms with E-state index in [0.29, 0.717) is 5.95 Å². The van der Waals surface area contributed by atoms with Crippen molar-refractivity contribution < 1.29 is 20.1 Å². The lowest BCUT2D eigenvalue weighted by Crippen LogP contribution is -2.22. The molecule has 0 bridgehead atoms. The van der Waals surface area contributed by atoms with Crippen LogP contribution >= 0.6 is 0 Å². The topological polar surface area (TPSA) is 121 Å². The van der Waals surface area contributed by atoms with E-state index in [1.54, 1.807) is 17.0 Å². The van der Waals surface area contributed by atoms with E-state index in [0.717, 1.165) is 0 Å². The number of hydrogen-bond acceptors (Lipinski definition) is 6. The molecule has 2 rings (SSSR count). The molecule has 0 aromatic carbocycles. The summed E-state index contributed by atoms with van der Waals surface area (Å²) in [6.07, 6.45) is 4.12. The molecule has 3 N–H and O–H groups in total. The largest absolute Gasteiger partial charge is 0.481 e. The van der Waals surface area contributed by atoms with E-state index >= 15 is 0 Å². The van der Waals surface area contributed by atoms with E-state index in [4.69, 9.17) is 5.11 Å². The van der Waals surface area contributed by atoms with Gasteiger partial charge in [0.05, 0.1) is 12.5 Å². The van der Waals surface area contributed by atoms with Crippen molar-refractivity contribution in [3.05, 3.63) is 36.7 Å². The van der Waals surface area contributed by atoms with Gasteiger partial charge in [0.15, 0.2) is 0 Å². The number of hydrogen-bond donors (Lipinski definition) is 3. The summed E-state index contributed by atoms with van der Waals surface area (Å²) in [5.41, 5.74) is 0.248. The van der Waals surface area contributed by atoms with E-state index in [1.165, 1.54) is 18.7 Å². The summed E-state index contributed by atoms with van der Waals surface area (Å²) in [5, 5.41) is 27.8. The molecule has 2 aromatic heterocycles. The Morgan fingerprint density at radius 2 is 2.00 bits per heavy atom. The lowest BCUT2D eigenvalue weighted by molar-refractivity contribution is -0.141. The molecule has 2 aromatic rings. The van der Waals surface area contributed by atoms with Crippen LogP contribution in [-0.2, 0) is 4.79 Å². The highest BCUT2D eigenvalue weighted by Crippen LogP contribution is 2.17. The van der Waals surface area contributed by atoms with Gasteiger partial charge in [0.1, 0.15) is 12.4 Å². The lowest BCUT2D eigenvalue weighted by atomic mass is 10.1. The van der Waals surface area contributed by atoms with Crippen LogP contribution in [0, 0.1) is 0 Å². The number of carboxylic acid groups (broad SMARTS) is 1. The third-order valence-electron chi connectivity index (χ3n) is 2.48. The third kappa shape index (κ3) is 3.12. The van der Waals surface area contributed by atoms with Gasteiger partial charge in [0.2, 0.25) is 5.95 Å². The molecule has 100 valence electrons. The first-order valence-corrected chi connectivity index (χ1v) is 5.46. The number of aliphatic hydroxyl groups excluding tert-OH is 2. The second-order valence-electron chi connectivity index (χ2n) is 3.90. The summed E-state index contributed by atoms with van der Waals surface area (Å²) in [7, 11) is 0. The molecule has 0 saturated carbocycles. The van der Waals surface area contributed by atoms with Crippen molar-refractivity contribution in [2.45, 2.75) is 18.6 Å². The second-order valence-corrected chi connectivity index (χ2v) is 3.90. The predicted octanol–water partition coefficient (Wildman–Crippen LogP) is -0.469. The van der Waals surface area contributed by atoms with Crippen LogP contribution in [0.5, 0.6) is 0 Å². The fourth-order valence-electron chi connectivity index (χ4n) is 1.51. The zero-order valence-electron chi connectivity index (χ0n) is 9.79. The molecule has 0 saturated heterocycles. The summed E-state index contributed by atoms with van der Waals surface area (Å²) in [5.74, 6) is -0.830. The van der Waals surface area contributed by atoms with E-state index in [9.17, 15) is 15.0 Å². The van der Waals surface area contributed by atoms with Gasteiger partial charge in [-0.1, -0.05) is 0 Å². The SMILES string of the molecule is O=C(O)CC(O)C(O)c1cnc(-n2ccnc2)nc1. The normalized spacial score (nSPS) is 14.0. The van der Waals surface area contributed by atoms with Crippen LogP contribution in [0.1, 0.15) is 18.1 Å². The highest BCUT2D eigenvalue weighted by molar-refractivity contribution is 5.67. The Morgan fingerprint density at radius 3 is 2.53 bits per heavy atom. The zero-order valence-corrected chi connectivity index (χ0v) is 9.79. The minimum atomic E-state index is -1.40. The van der Waals surface area contributed by atoms with Gasteiger partial charge in [-0.05, 0) is 0 Å². The molecule has 0 amide bonds. The third-order valence-corrected chi connectivity index (χ3v) is 2.48. The predicted molar refractivity (Wildman–Crippen MR) is 62.4 cm³/mol.